The smallest absolute Gasteiger partial charge is 0.258 e. The van der Waals surface area contributed by atoms with Crippen LogP contribution in [0.15, 0.2) is 53.3 Å². The van der Waals surface area contributed by atoms with E-state index in [1.807, 2.05) is 6.07 Å². The molecule has 1 aliphatic rings. The highest BCUT2D eigenvalue weighted by Gasteiger charge is 2.24. The summed E-state index contributed by atoms with van der Waals surface area (Å²) in [4.78, 5) is 34.2. The van der Waals surface area contributed by atoms with Crippen molar-refractivity contribution in [3.05, 3.63) is 76.1 Å². The normalized spacial score (nSPS) is 16.4. The maximum Gasteiger partial charge on any atom is 0.258 e. The van der Waals surface area contributed by atoms with Crippen molar-refractivity contribution in [1.29, 1.82) is 0 Å². The van der Waals surface area contributed by atoms with Crippen molar-refractivity contribution in [1.82, 2.24) is 14.9 Å². The molecule has 1 saturated heterocycles. The van der Waals surface area contributed by atoms with E-state index < -0.39 is 5.82 Å². The Morgan fingerprint density at radius 2 is 2.00 bits per heavy atom. The highest BCUT2D eigenvalue weighted by Crippen LogP contribution is 2.17. The van der Waals surface area contributed by atoms with E-state index in [0.717, 1.165) is 12.8 Å². The Labute approximate surface area is 161 Å². The third-order valence-electron chi connectivity index (χ3n) is 4.83. The number of carbonyl (C=O) groups is 1. The molecule has 0 saturated carbocycles. The fourth-order valence-electron chi connectivity index (χ4n) is 3.42. The molecule has 1 aromatic heterocycles. The highest BCUT2D eigenvalue weighted by molar-refractivity contribution is 5.94. The summed E-state index contributed by atoms with van der Waals surface area (Å²) in [6.07, 6.45) is 1.76. The van der Waals surface area contributed by atoms with Crippen LogP contribution in [0.5, 0.6) is 0 Å². The number of carbonyl (C=O) groups excluding carboxylic acids is 1. The van der Waals surface area contributed by atoms with E-state index in [4.69, 9.17) is 4.74 Å². The summed E-state index contributed by atoms with van der Waals surface area (Å²) in [5.74, 6) is -0.258. The quantitative estimate of drug-likeness (QED) is 0.737. The molecule has 0 aliphatic carbocycles. The number of nitrogens with one attached hydrogen (secondary N) is 1. The second kappa shape index (κ2) is 7.90. The average Bonchev–Trinajstić information content (AvgIpc) is 3.21. The van der Waals surface area contributed by atoms with Crippen LogP contribution in [0.25, 0.3) is 10.9 Å². The van der Waals surface area contributed by atoms with Gasteiger partial charge in [-0.15, -0.1) is 0 Å². The zero-order valence-electron chi connectivity index (χ0n) is 15.2. The number of halogens is 1. The fraction of sp³-hybridized carbons (Fsp3) is 0.286. The third kappa shape index (κ3) is 3.94. The summed E-state index contributed by atoms with van der Waals surface area (Å²) in [6.45, 7) is 1.19. The zero-order chi connectivity index (χ0) is 19.5. The van der Waals surface area contributed by atoms with Gasteiger partial charge in [-0.05, 0) is 49.2 Å². The summed E-state index contributed by atoms with van der Waals surface area (Å²) in [6, 6.07) is 12.5. The van der Waals surface area contributed by atoms with Gasteiger partial charge in [0.2, 0.25) is 0 Å². The van der Waals surface area contributed by atoms with Crippen LogP contribution < -0.4 is 5.56 Å². The minimum atomic E-state index is -0.400. The molecule has 6 nitrogen and oxygen atoms in total. The van der Waals surface area contributed by atoms with Crippen molar-refractivity contribution in [2.75, 3.05) is 13.2 Å². The van der Waals surface area contributed by atoms with Crippen molar-refractivity contribution in [3.8, 4) is 0 Å². The van der Waals surface area contributed by atoms with Gasteiger partial charge >= 0.3 is 0 Å². The first-order chi connectivity index (χ1) is 13.6. The molecule has 1 aliphatic heterocycles. The lowest BCUT2D eigenvalue weighted by molar-refractivity contribution is 0.0501. The number of para-hydroxylation sites is 1. The number of aromatic amines is 1. The van der Waals surface area contributed by atoms with Crippen LogP contribution in [0.3, 0.4) is 0 Å². The Kier molecular flexibility index (Phi) is 5.16. The van der Waals surface area contributed by atoms with E-state index in [2.05, 4.69) is 9.97 Å². The summed E-state index contributed by atoms with van der Waals surface area (Å²) >= 11 is 0. The Balaban J connectivity index is 1.64. The minimum Gasteiger partial charge on any atom is -0.376 e. The molecular weight excluding hydrogens is 361 g/mol. The van der Waals surface area contributed by atoms with E-state index in [9.17, 15) is 14.0 Å². The summed E-state index contributed by atoms with van der Waals surface area (Å²) in [5.41, 5.74) is 0.710. The van der Waals surface area contributed by atoms with Crippen molar-refractivity contribution < 1.29 is 13.9 Å². The summed E-state index contributed by atoms with van der Waals surface area (Å²) < 4.78 is 18.9. The molecule has 1 N–H and O–H groups in total. The van der Waals surface area contributed by atoms with Gasteiger partial charge in [0.05, 0.1) is 23.6 Å². The first-order valence-corrected chi connectivity index (χ1v) is 9.24. The van der Waals surface area contributed by atoms with Crippen LogP contribution >= 0.6 is 0 Å². The lowest BCUT2D eigenvalue weighted by Gasteiger charge is -2.25. The van der Waals surface area contributed by atoms with E-state index in [1.54, 1.807) is 23.1 Å². The molecule has 1 amide bonds. The molecule has 0 spiro atoms. The van der Waals surface area contributed by atoms with Crippen LogP contribution in [0.4, 0.5) is 4.39 Å². The highest BCUT2D eigenvalue weighted by atomic mass is 19.1. The molecule has 1 atom stereocenters. The number of fused-ring (bicyclic) bond motifs is 1. The molecule has 7 heteroatoms. The predicted molar refractivity (Wildman–Crippen MR) is 102 cm³/mol. The Morgan fingerprint density at radius 3 is 2.75 bits per heavy atom. The van der Waals surface area contributed by atoms with Gasteiger partial charge in [-0.2, -0.15) is 0 Å². The molecule has 2 aromatic carbocycles. The maximum atomic E-state index is 13.2. The molecular formula is C21H20FN3O3. The number of ether oxygens (including phenoxy) is 1. The van der Waals surface area contributed by atoms with Crippen molar-refractivity contribution in [2.45, 2.75) is 25.5 Å². The lowest BCUT2D eigenvalue weighted by Crippen LogP contribution is -2.37. The Morgan fingerprint density at radius 1 is 1.21 bits per heavy atom. The van der Waals surface area contributed by atoms with Gasteiger partial charge in [0.1, 0.15) is 11.6 Å². The van der Waals surface area contributed by atoms with Gasteiger partial charge in [0.25, 0.3) is 11.5 Å². The first kappa shape index (κ1) is 18.3. The van der Waals surface area contributed by atoms with E-state index in [-0.39, 0.29) is 24.1 Å². The number of nitrogens with zero attached hydrogens (tertiary/aromatic N) is 2. The summed E-state index contributed by atoms with van der Waals surface area (Å²) in [5, 5.41) is 0.502. The third-order valence-corrected chi connectivity index (χ3v) is 4.83. The van der Waals surface area contributed by atoms with Crippen molar-refractivity contribution >= 4 is 16.8 Å². The van der Waals surface area contributed by atoms with Gasteiger partial charge in [0, 0.05) is 18.7 Å². The average molecular weight is 381 g/mol. The van der Waals surface area contributed by atoms with E-state index in [0.29, 0.717) is 35.4 Å². The second-order valence-electron chi connectivity index (χ2n) is 6.86. The van der Waals surface area contributed by atoms with Crippen molar-refractivity contribution in [2.24, 2.45) is 0 Å². The number of amides is 1. The SMILES string of the molecule is O=C(c1ccc(F)cc1)N(Cc1nc2ccccc2c(=O)[nH]1)C[C@@H]1CCCO1. The Bertz CT molecular complexity index is 1040. The molecule has 0 bridgehead atoms. The molecule has 1 fully saturated rings. The number of rotatable bonds is 5. The Hall–Kier alpha value is -3.06. The van der Waals surface area contributed by atoms with Gasteiger partial charge in [-0.1, -0.05) is 12.1 Å². The molecule has 2 heterocycles. The van der Waals surface area contributed by atoms with Crippen molar-refractivity contribution in [3.63, 3.8) is 0 Å². The largest absolute Gasteiger partial charge is 0.376 e. The fourth-order valence-corrected chi connectivity index (χ4v) is 3.42. The van der Waals surface area contributed by atoms with Gasteiger partial charge in [-0.3, -0.25) is 9.59 Å². The number of aromatic nitrogens is 2. The molecule has 0 radical (unpaired) electrons. The monoisotopic (exact) mass is 381 g/mol. The van der Waals surface area contributed by atoms with E-state index >= 15 is 0 Å². The van der Waals surface area contributed by atoms with Crippen LogP contribution in [0, 0.1) is 5.82 Å². The first-order valence-electron chi connectivity index (χ1n) is 9.24. The van der Waals surface area contributed by atoms with Crippen LogP contribution in [-0.2, 0) is 11.3 Å². The number of benzene rings is 2. The van der Waals surface area contributed by atoms with E-state index in [1.165, 1.54) is 24.3 Å². The van der Waals surface area contributed by atoms with Crippen LogP contribution in [0.2, 0.25) is 0 Å². The van der Waals surface area contributed by atoms with Gasteiger partial charge in [-0.25, -0.2) is 9.37 Å². The van der Waals surface area contributed by atoms with Crippen LogP contribution in [-0.4, -0.2) is 40.0 Å². The molecule has 3 aromatic rings. The molecule has 0 unspecified atom stereocenters. The molecule has 4 rings (SSSR count). The second-order valence-corrected chi connectivity index (χ2v) is 6.86. The number of H-pyrrole nitrogens is 1. The standard InChI is InChI=1S/C21H20FN3O3/c22-15-9-7-14(8-10-15)21(27)25(12-16-4-3-11-28-16)13-19-23-18-6-2-1-5-17(18)20(26)24-19/h1-2,5-10,16H,3-4,11-13H2,(H,23,24,26)/t16-/m0/s1. The van der Waals surface area contributed by atoms with Gasteiger partial charge in [0.15, 0.2) is 0 Å². The predicted octanol–water partition coefficient (Wildman–Crippen LogP) is 2.88. The van der Waals surface area contributed by atoms with Crippen LogP contribution in [0.1, 0.15) is 29.0 Å². The molecule has 144 valence electrons. The van der Waals surface area contributed by atoms with Gasteiger partial charge < -0.3 is 14.6 Å². The lowest BCUT2D eigenvalue weighted by atomic mass is 10.1. The summed E-state index contributed by atoms with van der Waals surface area (Å²) in [7, 11) is 0. The minimum absolute atomic E-state index is 0.0587. The molecule has 28 heavy (non-hydrogen) atoms. The number of hydrogen-bond acceptors (Lipinski definition) is 4. The zero-order valence-corrected chi connectivity index (χ0v) is 15.2. The number of hydrogen-bond donors (Lipinski definition) is 1. The maximum absolute atomic E-state index is 13.2. The topological polar surface area (TPSA) is 75.3 Å².